The molecule has 1 aliphatic carbocycles. The highest BCUT2D eigenvalue weighted by atomic mass is 16.3. The third-order valence-corrected chi connectivity index (χ3v) is 4.70. The maximum atomic E-state index is 9.78. The van der Waals surface area contributed by atoms with Crippen LogP contribution < -0.4 is 5.73 Å². The van der Waals surface area contributed by atoms with Gasteiger partial charge in [-0.3, -0.25) is 0 Å². The lowest BCUT2D eigenvalue weighted by Crippen LogP contribution is -2.47. The maximum Gasteiger partial charge on any atom is 0.194 e. The number of furan rings is 1. The van der Waals surface area contributed by atoms with Gasteiger partial charge in [0.15, 0.2) is 5.41 Å². The Kier molecular flexibility index (Phi) is 3.45. The molecule has 0 saturated carbocycles. The first-order chi connectivity index (χ1) is 11.1. The van der Waals surface area contributed by atoms with Crippen molar-refractivity contribution in [1.29, 1.82) is 15.8 Å². The normalized spacial score (nSPS) is 26.4. The number of hydrogen-bond acceptors (Lipinski definition) is 6. The Morgan fingerprint density at radius 1 is 1.35 bits per heavy atom. The molecule has 0 saturated heterocycles. The highest BCUT2D eigenvalue weighted by Gasteiger charge is 2.55. The first-order valence-corrected chi connectivity index (χ1v) is 7.24. The summed E-state index contributed by atoms with van der Waals surface area (Å²) in [6.07, 6.45) is 3.47. The molecule has 0 fully saturated rings. The van der Waals surface area contributed by atoms with Crippen LogP contribution in [0.2, 0.25) is 0 Å². The molecular weight excluding hydrogens is 290 g/mol. The first kappa shape index (κ1) is 14.9. The number of allylic oxidation sites excluding steroid dienone is 2. The van der Waals surface area contributed by atoms with Crippen LogP contribution in [0, 0.1) is 45.3 Å². The summed E-state index contributed by atoms with van der Waals surface area (Å²) in [5.41, 5.74) is 5.63. The van der Waals surface area contributed by atoms with E-state index in [1.54, 1.807) is 12.1 Å². The van der Waals surface area contributed by atoms with Crippen LogP contribution >= 0.6 is 0 Å². The lowest BCUT2D eigenvalue weighted by atomic mass is 9.59. The van der Waals surface area contributed by atoms with Crippen LogP contribution in [0.15, 0.2) is 45.7 Å². The summed E-state index contributed by atoms with van der Waals surface area (Å²) in [6.45, 7) is 1.32. The molecule has 114 valence electrons. The average molecular weight is 305 g/mol. The summed E-state index contributed by atoms with van der Waals surface area (Å²) >= 11 is 0. The van der Waals surface area contributed by atoms with Gasteiger partial charge in [0, 0.05) is 19.0 Å². The Morgan fingerprint density at radius 3 is 2.65 bits per heavy atom. The Bertz CT molecular complexity index is 799. The van der Waals surface area contributed by atoms with E-state index in [1.807, 2.05) is 13.1 Å². The topological polar surface area (TPSA) is 114 Å². The molecular formula is C17H15N5O. The highest BCUT2D eigenvalue weighted by Crippen LogP contribution is 2.53. The Balaban J connectivity index is 2.33. The second kappa shape index (κ2) is 5.32. The number of fused-ring (bicyclic) bond motifs is 1. The van der Waals surface area contributed by atoms with Crippen molar-refractivity contribution in [1.82, 2.24) is 4.90 Å². The van der Waals surface area contributed by atoms with Gasteiger partial charge < -0.3 is 15.1 Å². The lowest BCUT2D eigenvalue weighted by molar-refractivity contribution is 0.218. The molecule has 0 bridgehead atoms. The van der Waals surface area contributed by atoms with Crippen molar-refractivity contribution in [3.8, 4) is 18.2 Å². The second-order valence-corrected chi connectivity index (χ2v) is 5.91. The van der Waals surface area contributed by atoms with Crippen molar-refractivity contribution in [2.75, 3.05) is 20.1 Å². The standard InChI is InChI=1S/C17H15N5O/c1-22-5-4-11-12(7-18)16(21)17(9-19,10-20)15(13(11)8-22)14-3-2-6-23-14/h2-4,6,13,15H,5,8,21H2,1H3/t13-,15-/m1/s1. The third kappa shape index (κ3) is 1.95. The molecule has 0 spiro atoms. The molecule has 23 heavy (non-hydrogen) atoms. The summed E-state index contributed by atoms with van der Waals surface area (Å²) in [5.74, 6) is -0.195. The quantitative estimate of drug-likeness (QED) is 0.843. The zero-order chi connectivity index (χ0) is 16.6. The molecule has 0 amide bonds. The van der Waals surface area contributed by atoms with E-state index in [1.165, 1.54) is 6.26 Å². The molecule has 1 aliphatic heterocycles. The zero-order valence-corrected chi connectivity index (χ0v) is 12.7. The van der Waals surface area contributed by atoms with E-state index in [2.05, 4.69) is 23.1 Å². The molecule has 0 radical (unpaired) electrons. The van der Waals surface area contributed by atoms with Crippen LogP contribution in [0.4, 0.5) is 0 Å². The summed E-state index contributed by atoms with van der Waals surface area (Å²) in [7, 11) is 1.96. The number of hydrogen-bond donors (Lipinski definition) is 1. The Labute approximate surface area is 134 Å². The molecule has 6 nitrogen and oxygen atoms in total. The van der Waals surface area contributed by atoms with Gasteiger partial charge in [-0.2, -0.15) is 15.8 Å². The maximum absolute atomic E-state index is 9.78. The minimum Gasteiger partial charge on any atom is -0.469 e. The predicted molar refractivity (Wildman–Crippen MR) is 81.0 cm³/mol. The molecule has 1 aromatic heterocycles. The summed E-state index contributed by atoms with van der Waals surface area (Å²) in [4.78, 5) is 2.08. The number of nitrogens with zero attached hydrogens (tertiary/aromatic N) is 4. The van der Waals surface area contributed by atoms with Gasteiger partial charge in [-0.05, 0) is 24.8 Å². The molecule has 0 aromatic carbocycles. The Hall–Kier alpha value is -3.01. The van der Waals surface area contributed by atoms with Crippen molar-refractivity contribution < 1.29 is 4.42 Å². The van der Waals surface area contributed by atoms with Crippen LogP contribution in [-0.4, -0.2) is 25.0 Å². The lowest BCUT2D eigenvalue weighted by Gasteiger charge is -2.43. The van der Waals surface area contributed by atoms with Crippen molar-refractivity contribution in [2.45, 2.75) is 5.92 Å². The number of rotatable bonds is 1. The van der Waals surface area contributed by atoms with E-state index < -0.39 is 11.3 Å². The fraction of sp³-hybridized carbons (Fsp3) is 0.353. The highest BCUT2D eigenvalue weighted by molar-refractivity contribution is 5.58. The predicted octanol–water partition coefficient (Wildman–Crippen LogP) is 1.63. The zero-order valence-electron chi connectivity index (χ0n) is 12.7. The minimum atomic E-state index is -1.61. The van der Waals surface area contributed by atoms with E-state index in [-0.39, 0.29) is 17.2 Å². The van der Waals surface area contributed by atoms with Gasteiger partial charge in [0.05, 0.1) is 35.6 Å². The van der Waals surface area contributed by atoms with Gasteiger partial charge in [0.25, 0.3) is 0 Å². The van der Waals surface area contributed by atoms with Crippen molar-refractivity contribution >= 4 is 0 Å². The minimum absolute atomic E-state index is 0.0263. The van der Waals surface area contributed by atoms with E-state index >= 15 is 0 Å². The van der Waals surface area contributed by atoms with Gasteiger partial charge >= 0.3 is 0 Å². The number of nitriles is 3. The van der Waals surface area contributed by atoms with E-state index in [0.717, 1.165) is 5.57 Å². The fourth-order valence-electron chi connectivity index (χ4n) is 3.60. The van der Waals surface area contributed by atoms with E-state index in [9.17, 15) is 15.8 Å². The van der Waals surface area contributed by atoms with E-state index in [4.69, 9.17) is 10.2 Å². The van der Waals surface area contributed by atoms with Crippen LogP contribution in [-0.2, 0) is 0 Å². The van der Waals surface area contributed by atoms with Gasteiger partial charge in [-0.15, -0.1) is 0 Å². The number of likely N-dealkylation sites (N-methyl/N-ethyl adjacent to an activating group) is 1. The molecule has 2 N–H and O–H groups in total. The molecule has 2 aliphatic rings. The summed E-state index contributed by atoms with van der Waals surface area (Å²) in [5, 5.41) is 29.1. The largest absolute Gasteiger partial charge is 0.469 e. The van der Waals surface area contributed by atoms with Gasteiger partial charge in [0.1, 0.15) is 11.8 Å². The van der Waals surface area contributed by atoms with Crippen molar-refractivity contribution in [2.24, 2.45) is 17.1 Å². The smallest absolute Gasteiger partial charge is 0.194 e. The molecule has 2 heterocycles. The molecule has 0 unspecified atom stereocenters. The molecule has 2 atom stereocenters. The Morgan fingerprint density at radius 2 is 2.09 bits per heavy atom. The third-order valence-electron chi connectivity index (χ3n) is 4.70. The monoisotopic (exact) mass is 305 g/mol. The summed E-state index contributed by atoms with van der Waals surface area (Å²) < 4.78 is 5.52. The van der Waals surface area contributed by atoms with Crippen molar-refractivity contribution in [3.63, 3.8) is 0 Å². The van der Waals surface area contributed by atoms with Gasteiger partial charge in [0.2, 0.25) is 0 Å². The number of nitrogens with two attached hydrogens (primary N) is 1. The molecule has 3 rings (SSSR count). The average Bonchev–Trinajstić information content (AvgIpc) is 3.08. The van der Waals surface area contributed by atoms with E-state index in [0.29, 0.717) is 18.8 Å². The van der Waals surface area contributed by atoms with Gasteiger partial charge in [-0.1, -0.05) is 6.08 Å². The van der Waals surface area contributed by atoms with Gasteiger partial charge in [-0.25, -0.2) is 0 Å². The van der Waals surface area contributed by atoms with Crippen LogP contribution in [0.3, 0.4) is 0 Å². The second-order valence-electron chi connectivity index (χ2n) is 5.91. The van der Waals surface area contributed by atoms with Crippen LogP contribution in [0.25, 0.3) is 0 Å². The van der Waals surface area contributed by atoms with Crippen LogP contribution in [0.5, 0.6) is 0 Å². The fourth-order valence-corrected chi connectivity index (χ4v) is 3.60. The SMILES string of the molecule is CN1CC=C2C(C#N)=C(N)C(C#N)(C#N)[C@@H](c3ccco3)[C@@H]2C1. The molecule has 6 heteroatoms. The van der Waals surface area contributed by atoms with Crippen molar-refractivity contribution in [3.05, 3.63) is 47.1 Å². The summed E-state index contributed by atoms with van der Waals surface area (Å²) in [6, 6.07) is 9.71. The molecule has 1 aromatic rings. The van der Waals surface area contributed by atoms with Crippen LogP contribution in [0.1, 0.15) is 11.7 Å². The first-order valence-electron chi connectivity index (χ1n) is 7.24.